The van der Waals surface area contributed by atoms with Crippen molar-refractivity contribution in [3.8, 4) is 0 Å². The average Bonchev–Trinajstić information content (AvgIpc) is 2.41. The summed E-state index contributed by atoms with van der Waals surface area (Å²) in [7, 11) is 0. The van der Waals surface area contributed by atoms with Crippen LogP contribution in [0.1, 0.15) is 64.7 Å². The first kappa shape index (κ1) is 16.0. The number of aliphatic carboxylic acids is 1. The lowest BCUT2D eigenvalue weighted by Crippen LogP contribution is -2.37. The van der Waals surface area contributed by atoms with Crippen LogP contribution in [0.5, 0.6) is 0 Å². The van der Waals surface area contributed by atoms with E-state index in [0.717, 1.165) is 38.5 Å². The highest BCUT2D eigenvalue weighted by Gasteiger charge is 2.30. The molecule has 0 heterocycles. The number of hydrogen-bond acceptors (Lipinski definition) is 2. The molecule has 2 unspecified atom stereocenters. The number of hydrogen-bond donors (Lipinski definition) is 2. The summed E-state index contributed by atoms with van der Waals surface area (Å²) >= 11 is 0. The molecule has 0 aromatic carbocycles. The molecule has 4 nitrogen and oxygen atoms in total. The summed E-state index contributed by atoms with van der Waals surface area (Å²) in [5.74, 6) is -0.785. The standard InChI is InChI=1S/C15H27NO3/c1-2-3-4-5-10-14(17)16-11-12-8-6-7-9-13(12)15(18)19/h12-13H,2-11H2,1H3,(H,16,17)(H,18,19). The number of carboxylic acid groups (broad SMARTS) is 1. The molecule has 2 N–H and O–H groups in total. The molecule has 2 atom stereocenters. The highest BCUT2D eigenvalue weighted by molar-refractivity contribution is 5.76. The van der Waals surface area contributed by atoms with E-state index in [2.05, 4.69) is 12.2 Å². The molecule has 0 aromatic rings. The summed E-state index contributed by atoms with van der Waals surface area (Å²) in [4.78, 5) is 22.8. The number of carbonyl (C=O) groups excluding carboxylic acids is 1. The van der Waals surface area contributed by atoms with E-state index < -0.39 is 5.97 Å². The fourth-order valence-electron chi connectivity index (χ4n) is 2.82. The summed E-state index contributed by atoms with van der Waals surface area (Å²) in [5.41, 5.74) is 0. The largest absolute Gasteiger partial charge is 0.481 e. The smallest absolute Gasteiger partial charge is 0.306 e. The monoisotopic (exact) mass is 269 g/mol. The first-order valence-electron chi connectivity index (χ1n) is 7.64. The van der Waals surface area contributed by atoms with E-state index in [1.165, 1.54) is 12.8 Å². The molecule has 0 saturated heterocycles. The first-order valence-corrected chi connectivity index (χ1v) is 7.64. The summed E-state index contributed by atoms with van der Waals surface area (Å²) < 4.78 is 0. The zero-order valence-electron chi connectivity index (χ0n) is 12.0. The Morgan fingerprint density at radius 2 is 1.89 bits per heavy atom. The molecule has 19 heavy (non-hydrogen) atoms. The van der Waals surface area contributed by atoms with E-state index in [4.69, 9.17) is 5.11 Å². The van der Waals surface area contributed by atoms with Gasteiger partial charge >= 0.3 is 5.97 Å². The van der Waals surface area contributed by atoms with E-state index in [1.807, 2.05) is 0 Å². The van der Waals surface area contributed by atoms with Gasteiger partial charge in [0.25, 0.3) is 0 Å². The van der Waals surface area contributed by atoms with Crippen LogP contribution >= 0.6 is 0 Å². The molecule has 1 amide bonds. The van der Waals surface area contributed by atoms with Crippen molar-refractivity contribution in [2.24, 2.45) is 11.8 Å². The second-order valence-corrected chi connectivity index (χ2v) is 5.60. The average molecular weight is 269 g/mol. The number of rotatable bonds is 8. The lowest BCUT2D eigenvalue weighted by Gasteiger charge is -2.28. The maximum atomic E-state index is 11.7. The number of nitrogens with one attached hydrogen (secondary N) is 1. The lowest BCUT2D eigenvalue weighted by atomic mass is 9.79. The minimum Gasteiger partial charge on any atom is -0.481 e. The fourth-order valence-corrected chi connectivity index (χ4v) is 2.82. The molecule has 1 saturated carbocycles. The molecular formula is C15H27NO3. The molecule has 1 aliphatic rings. The van der Waals surface area contributed by atoms with Crippen molar-refractivity contribution in [2.45, 2.75) is 64.7 Å². The Labute approximate surface area is 116 Å². The van der Waals surface area contributed by atoms with Crippen LogP contribution in [0.4, 0.5) is 0 Å². The van der Waals surface area contributed by atoms with Crippen molar-refractivity contribution in [1.29, 1.82) is 0 Å². The minimum absolute atomic E-state index is 0.0748. The van der Waals surface area contributed by atoms with Crippen LogP contribution in [0.2, 0.25) is 0 Å². The van der Waals surface area contributed by atoms with Gasteiger partial charge in [-0.25, -0.2) is 0 Å². The van der Waals surface area contributed by atoms with Gasteiger partial charge in [-0.3, -0.25) is 9.59 Å². The minimum atomic E-state index is -0.707. The fraction of sp³-hybridized carbons (Fsp3) is 0.867. The molecule has 4 heteroatoms. The third kappa shape index (κ3) is 6.08. The molecular weight excluding hydrogens is 242 g/mol. The van der Waals surface area contributed by atoms with Crippen molar-refractivity contribution < 1.29 is 14.7 Å². The Balaban J connectivity index is 2.22. The quantitative estimate of drug-likeness (QED) is 0.666. The number of amides is 1. The van der Waals surface area contributed by atoms with Crippen molar-refractivity contribution in [3.63, 3.8) is 0 Å². The lowest BCUT2D eigenvalue weighted by molar-refractivity contribution is -0.145. The zero-order chi connectivity index (χ0) is 14.1. The number of carboxylic acids is 1. The Kier molecular flexibility index (Phi) is 7.53. The number of unbranched alkanes of at least 4 members (excludes halogenated alkanes) is 3. The molecule has 1 rings (SSSR count). The van der Waals surface area contributed by atoms with Crippen LogP contribution in [0.15, 0.2) is 0 Å². The first-order chi connectivity index (χ1) is 9.15. The van der Waals surface area contributed by atoms with Gasteiger partial charge in [0.15, 0.2) is 0 Å². The Morgan fingerprint density at radius 1 is 1.16 bits per heavy atom. The molecule has 0 radical (unpaired) electrons. The predicted molar refractivity (Wildman–Crippen MR) is 74.9 cm³/mol. The van der Waals surface area contributed by atoms with Gasteiger partial charge in [0, 0.05) is 13.0 Å². The molecule has 0 aliphatic heterocycles. The SMILES string of the molecule is CCCCCCC(=O)NCC1CCCCC1C(=O)O. The highest BCUT2D eigenvalue weighted by Crippen LogP contribution is 2.29. The second-order valence-electron chi connectivity index (χ2n) is 5.60. The van der Waals surface area contributed by atoms with Gasteiger partial charge < -0.3 is 10.4 Å². The third-order valence-corrected chi connectivity index (χ3v) is 4.05. The van der Waals surface area contributed by atoms with E-state index in [-0.39, 0.29) is 17.7 Å². The van der Waals surface area contributed by atoms with Crippen LogP contribution in [0.3, 0.4) is 0 Å². The molecule has 0 spiro atoms. The normalized spacial score (nSPS) is 23.0. The highest BCUT2D eigenvalue weighted by atomic mass is 16.4. The van der Waals surface area contributed by atoms with Crippen molar-refractivity contribution >= 4 is 11.9 Å². The van der Waals surface area contributed by atoms with Crippen LogP contribution in [0.25, 0.3) is 0 Å². The van der Waals surface area contributed by atoms with Gasteiger partial charge in [-0.1, -0.05) is 39.0 Å². The molecule has 1 fully saturated rings. The molecule has 0 aromatic heterocycles. The van der Waals surface area contributed by atoms with Crippen LogP contribution < -0.4 is 5.32 Å². The zero-order valence-corrected chi connectivity index (χ0v) is 12.0. The van der Waals surface area contributed by atoms with Gasteiger partial charge in [-0.15, -0.1) is 0 Å². The summed E-state index contributed by atoms with van der Waals surface area (Å²) in [6.45, 7) is 2.68. The van der Waals surface area contributed by atoms with Crippen molar-refractivity contribution in [3.05, 3.63) is 0 Å². The Hall–Kier alpha value is -1.06. The van der Waals surface area contributed by atoms with Gasteiger partial charge in [0.05, 0.1) is 5.92 Å². The predicted octanol–water partition coefficient (Wildman–Crippen LogP) is 2.96. The van der Waals surface area contributed by atoms with Gasteiger partial charge in [0.1, 0.15) is 0 Å². The third-order valence-electron chi connectivity index (χ3n) is 4.05. The van der Waals surface area contributed by atoms with Gasteiger partial charge in [0.2, 0.25) is 5.91 Å². The van der Waals surface area contributed by atoms with E-state index in [0.29, 0.717) is 13.0 Å². The maximum absolute atomic E-state index is 11.7. The number of carbonyl (C=O) groups is 2. The van der Waals surface area contributed by atoms with Crippen molar-refractivity contribution in [2.75, 3.05) is 6.54 Å². The van der Waals surface area contributed by atoms with E-state index in [1.54, 1.807) is 0 Å². The van der Waals surface area contributed by atoms with Crippen LogP contribution in [-0.4, -0.2) is 23.5 Å². The van der Waals surface area contributed by atoms with Gasteiger partial charge in [-0.2, -0.15) is 0 Å². The van der Waals surface area contributed by atoms with Gasteiger partial charge in [-0.05, 0) is 25.2 Å². The topological polar surface area (TPSA) is 66.4 Å². The van der Waals surface area contributed by atoms with Crippen LogP contribution in [0, 0.1) is 11.8 Å². The second kappa shape index (κ2) is 8.94. The van der Waals surface area contributed by atoms with E-state index in [9.17, 15) is 9.59 Å². The molecule has 1 aliphatic carbocycles. The summed E-state index contributed by atoms with van der Waals surface area (Å²) in [6, 6.07) is 0. The van der Waals surface area contributed by atoms with Crippen molar-refractivity contribution in [1.82, 2.24) is 5.32 Å². The molecule has 0 bridgehead atoms. The molecule has 110 valence electrons. The Morgan fingerprint density at radius 3 is 2.58 bits per heavy atom. The van der Waals surface area contributed by atoms with E-state index >= 15 is 0 Å². The maximum Gasteiger partial charge on any atom is 0.306 e. The van der Waals surface area contributed by atoms with Crippen LogP contribution in [-0.2, 0) is 9.59 Å². The summed E-state index contributed by atoms with van der Waals surface area (Å²) in [5, 5.41) is 12.1. The Bertz CT molecular complexity index is 291. The summed E-state index contributed by atoms with van der Waals surface area (Å²) in [6.07, 6.45) is 8.72.